The van der Waals surface area contributed by atoms with Crippen LogP contribution in [-0.2, 0) is 6.42 Å². The molecule has 2 aromatic carbocycles. The summed E-state index contributed by atoms with van der Waals surface area (Å²) in [5.41, 5.74) is 2.06. The molecule has 1 aliphatic rings. The quantitative estimate of drug-likeness (QED) is 0.604. The second-order valence-electron chi connectivity index (χ2n) is 6.92. The van der Waals surface area contributed by atoms with Crippen molar-refractivity contribution < 1.29 is 9.47 Å². The number of thiazole rings is 1. The van der Waals surface area contributed by atoms with Crippen LogP contribution in [0.3, 0.4) is 0 Å². The monoisotopic (exact) mass is 433 g/mol. The van der Waals surface area contributed by atoms with E-state index >= 15 is 0 Å². The molecular weight excluding hydrogens is 410 g/mol. The third kappa shape index (κ3) is 4.47. The van der Waals surface area contributed by atoms with Gasteiger partial charge in [0.1, 0.15) is 0 Å². The van der Waals surface area contributed by atoms with Crippen LogP contribution in [0.5, 0.6) is 11.5 Å². The predicted octanol–water partition coefficient (Wildman–Crippen LogP) is 4.12. The van der Waals surface area contributed by atoms with Gasteiger partial charge < -0.3 is 14.8 Å². The van der Waals surface area contributed by atoms with Gasteiger partial charge in [0.15, 0.2) is 16.6 Å². The van der Waals surface area contributed by atoms with E-state index in [1.807, 2.05) is 47.4 Å². The van der Waals surface area contributed by atoms with Gasteiger partial charge in [-0.25, -0.2) is 9.98 Å². The summed E-state index contributed by atoms with van der Waals surface area (Å²) >= 11 is 1.60. The predicted molar refractivity (Wildman–Crippen MR) is 124 cm³/mol. The molecule has 7 nitrogen and oxygen atoms in total. The Kier molecular flexibility index (Phi) is 6.34. The fraction of sp³-hybridized carbons (Fsp3) is 0.261. The van der Waals surface area contributed by atoms with Crippen molar-refractivity contribution in [3.63, 3.8) is 0 Å². The van der Waals surface area contributed by atoms with Crippen LogP contribution in [0.1, 0.15) is 12.0 Å². The summed E-state index contributed by atoms with van der Waals surface area (Å²) < 4.78 is 11.8. The first-order valence-electron chi connectivity index (χ1n) is 9.94. The Labute approximate surface area is 185 Å². The Bertz CT molecular complexity index is 1130. The first-order chi connectivity index (χ1) is 15.2. The zero-order chi connectivity index (χ0) is 21.6. The highest BCUT2D eigenvalue weighted by Crippen LogP contribution is 2.32. The molecule has 1 N–H and O–H groups in total. The average Bonchev–Trinajstić information content (AvgIpc) is 3.23. The summed E-state index contributed by atoms with van der Waals surface area (Å²) in [6.07, 6.45) is 4.82. The molecule has 4 rings (SSSR count). The lowest BCUT2D eigenvalue weighted by Gasteiger charge is -2.31. The van der Waals surface area contributed by atoms with Gasteiger partial charge in [0.25, 0.3) is 0 Å². The number of fused-ring (bicyclic) bond motifs is 1. The lowest BCUT2D eigenvalue weighted by atomic mass is 10.1. The SMILES string of the molecule is COc1ccc(CCNC2=NC=CC(CC#N)N2c2nc3ccccc3s2)cc1OC. The number of nitriles is 1. The highest BCUT2D eigenvalue weighted by atomic mass is 32.1. The smallest absolute Gasteiger partial charge is 0.205 e. The maximum Gasteiger partial charge on any atom is 0.205 e. The van der Waals surface area contributed by atoms with Crippen LogP contribution in [0.2, 0.25) is 0 Å². The highest BCUT2D eigenvalue weighted by molar-refractivity contribution is 7.22. The maximum atomic E-state index is 9.32. The normalized spacial score (nSPS) is 15.5. The third-order valence-corrected chi connectivity index (χ3v) is 6.03. The van der Waals surface area contributed by atoms with Crippen LogP contribution >= 0.6 is 11.3 Å². The van der Waals surface area contributed by atoms with Crippen LogP contribution in [0.15, 0.2) is 59.7 Å². The lowest BCUT2D eigenvalue weighted by Crippen LogP contribution is -2.48. The number of aliphatic imine (C=N–C) groups is 1. The fourth-order valence-electron chi connectivity index (χ4n) is 3.45. The van der Waals surface area contributed by atoms with Crippen LogP contribution in [0, 0.1) is 11.3 Å². The van der Waals surface area contributed by atoms with Gasteiger partial charge in [-0.2, -0.15) is 5.26 Å². The molecule has 0 spiro atoms. The summed E-state index contributed by atoms with van der Waals surface area (Å²) in [6.45, 7) is 0.669. The van der Waals surface area contributed by atoms with Crippen molar-refractivity contribution >= 4 is 32.6 Å². The Morgan fingerprint density at radius 2 is 2.00 bits per heavy atom. The molecule has 1 unspecified atom stereocenters. The molecule has 0 saturated heterocycles. The van der Waals surface area contributed by atoms with E-state index in [-0.39, 0.29) is 6.04 Å². The summed E-state index contributed by atoms with van der Waals surface area (Å²) in [7, 11) is 3.26. The molecule has 158 valence electrons. The number of anilines is 1. The van der Waals surface area contributed by atoms with E-state index in [0.29, 0.717) is 30.4 Å². The van der Waals surface area contributed by atoms with Crippen LogP contribution < -0.4 is 19.7 Å². The number of rotatable bonds is 7. The Morgan fingerprint density at radius 3 is 2.77 bits per heavy atom. The van der Waals surface area contributed by atoms with E-state index in [2.05, 4.69) is 22.4 Å². The minimum atomic E-state index is -0.119. The zero-order valence-corrected chi connectivity index (χ0v) is 18.2. The Hall–Kier alpha value is -3.57. The molecule has 0 saturated carbocycles. The van der Waals surface area contributed by atoms with E-state index < -0.39 is 0 Å². The van der Waals surface area contributed by atoms with Gasteiger partial charge in [0.2, 0.25) is 5.96 Å². The molecular formula is C23H23N5O2S. The number of methoxy groups -OCH3 is 2. The van der Waals surface area contributed by atoms with Crippen LogP contribution in [-0.4, -0.2) is 37.7 Å². The van der Waals surface area contributed by atoms with Crippen LogP contribution in [0.25, 0.3) is 10.2 Å². The van der Waals surface area contributed by atoms with Gasteiger partial charge in [-0.3, -0.25) is 4.90 Å². The standard InChI is InChI=1S/C23H23N5O2S/c1-29-19-8-7-16(15-20(19)30-2)10-13-25-22-26-14-11-17(9-12-24)28(22)23-27-18-5-3-4-6-21(18)31-23/h3-8,11,14-15,17H,9-10,13H2,1-2H3,(H,25,26). The molecule has 3 aromatic rings. The number of aromatic nitrogens is 1. The van der Waals surface area contributed by atoms with E-state index in [1.54, 1.807) is 31.8 Å². The molecule has 0 fully saturated rings. The summed E-state index contributed by atoms with van der Waals surface area (Å²) in [5, 5.41) is 13.6. The number of benzene rings is 2. The van der Waals surface area contributed by atoms with E-state index in [0.717, 1.165) is 27.3 Å². The van der Waals surface area contributed by atoms with Gasteiger partial charge in [0.05, 0.1) is 43.0 Å². The number of hydrogen-bond acceptors (Lipinski definition) is 8. The summed E-state index contributed by atoms with van der Waals surface area (Å²) in [5.74, 6) is 2.12. The summed E-state index contributed by atoms with van der Waals surface area (Å²) in [4.78, 5) is 11.3. The van der Waals surface area contributed by atoms with E-state index in [1.165, 1.54) is 0 Å². The molecule has 0 amide bonds. The van der Waals surface area contributed by atoms with Crippen molar-refractivity contribution in [2.75, 3.05) is 25.7 Å². The number of nitrogens with zero attached hydrogens (tertiary/aromatic N) is 4. The molecule has 2 heterocycles. The molecule has 8 heteroatoms. The van der Waals surface area contributed by atoms with E-state index in [9.17, 15) is 5.26 Å². The van der Waals surface area contributed by atoms with Crippen molar-refractivity contribution in [1.29, 1.82) is 5.26 Å². The number of para-hydroxylation sites is 1. The lowest BCUT2D eigenvalue weighted by molar-refractivity contribution is 0.354. The molecule has 0 radical (unpaired) electrons. The van der Waals surface area contributed by atoms with Gasteiger partial charge >= 0.3 is 0 Å². The third-order valence-electron chi connectivity index (χ3n) is 5.00. The van der Waals surface area contributed by atoms with Gasteiger partial charge in [-0.05, 0) is 42.3 Å². The van der Waals surface area contributed by atoms with Gasteiger partial charge in [-0.1, -0.05) is 29.5 Å². The number of nitrogens with one attached hydrogen (secondary N) is 1. The first kappa shape index (κ1) is 20.7. The van der Waals surface area contributed by atoms with Crippen molar-refractivity contribution in [1.82, 2.24) is 10.3 Å². The Balaban J connectivity index is 1.52. The minimum Gasteiger partial charge on any atom is -0.493 e. The van der Waals surface area contributed by atoms with Crippen LogP contribution in [0.4, 0.5) is 5.13 Å². The topological polar surface area (TPSA) is 82.8 Å². The van der Waals surface area contributed by atoms with Gasteiger partial charge in [0, 0.05) is 12.7 Å². The average molecular weight is 434 g/mol. The van der Waals surface area contributed by atoms with Gasteiger partial charge in [-0.15, -0.1) is 0 Å². The van der Waals surface area contributed by atoms with Crippen molar-refractivity contribution in [2.24, 2.45) is 4.99 Å². The second kappa shape index (κ2) is 9.49. The maximum absolute atomic E-state index is 9.32. The number of guanidine groups is 1. The highest BCUT2D eigenvalue weighted by Gasteiger charge is 2.27. The van der Waals surface area contributed by atoms with Crippen molar-refractivity contribution in [3.8, 4) is 17.6 Å². The van der Waals surface area contributed by atoms with Crippen molar-refractivity contribution in [2.45, 2.75) is 18.9 Å². The molecule has 0 aliphatic carbocycles. The zero-order valence-electron chi connectivity index (χ0n) is 17.4. The molecule has 1 aromatic heterocycles. The summed E-state index contributed by atoms with van der Waals surface area (Å²) in [6, 6.07) is 16.1. The molecule has 1 aliphatic heterocycles. The minimum absolute atomic E-state index is 0.119. The molecule has 31 heavy (non-hydrogen) atoms. The molecule has 1 atom stereocenters. The molecule has 0 bridgehead atoms. The van der Waals surface area contributed by atoms with E-state index in [4.69, 9.17) is 14.5 Å². The fourth-order valence-corrected chi connectivity index (χ4v) is 4.48. The van der Waals surface area contributed by atoms with Crippen molar-refractivity contribution in [3.05, 3.63) is 60.3 Å². The number of hydrogen-bond donors (Lipinski definition) is 1. The Morgan fingerprint density at radius 1 is 1.16 bits per heavy atom. The first-order valence-corrected chi connectivity index (χ1v) is 10.8. The number of ether oxygens (including phenoxy) is 2. The second-order valence-corrected chi connectivity index (χ2v) is 7.93. The largest absolute Gasteiger partial charge is 0.493 e.